The van der Waals surface area contributed by atoms with Gasteiger partial charge in [0, 0.05) is 19.3 Å². The van der Waals surface area contributed by atoms with Gasteiger partial charge in [-0.25, -0.2) is 0 Å². The Bertz CT molecular complexity index is 493. The molecule has 1 amide bonds. The molecule has 0 aromatic heterocycles. The summed E-state index contributed by atoms with van der Waals surface area (Å²) in [4.78, 5) is 12.8. The van der Waals surface area contributed by atoms with E-state index in [1.807, 2.05) is 11.9 Å². The summed E-state index contributed by atoms with van der Waals surface area (Å²) in [6, 6.07) is 5.12. The summed E-state index contributed by atoms with van der Waals surface area (Å²) in [5.41, 5.74) is -0.217. The van der Waals surface area contributed by atoms with Crippen LogP contribution in [0.25, 0.3) is 0 Å². The highest BCUT2D eigenvalue weighted by Crippen LogP contribution is 2.32. The summed E-state index contributed by atoms with van der Waals surface area (Å²) in [6.07, 6.45) is 1.48. The fraction of sp³-hybridized carbons (Fsp3) is 0.562. The molecule has 2 rings (SSSR count). The van der Waals surface area contributed by atoms with E-state index in [0.29, 0.717) is 12.2 Å². The van der Waals surface area contributed by atoms with Gasteiger partial charge in [-0.05, 0) is 37.1 Å². The maximum absolute atomic E-state index is 12.6. The van der Waals surface area contributed by atoms with Crippen LogP contribution in [0.3, 0.4) is 0 Å². The van der Waals surface area contributed by atoms with Crippen molar-refractivity contribution in [2.24, 2.45) is 0 Å². The molecule has 0 radical (unpaired) electrons. The summed E-state index contributed by atoms with van der Waals surface area (Å²) >= 11 is 0. The minimum absolute atomic E-state index is 0.280. The van der Waals surface area contributed by atoms with Crippen LogP contribution in [-0.2, 0) is 11.0 Å². The minimum atomic E-state index is -4.32. The van der Waals surface area contributed by atoms with Crippen molar-refractivity contribution in [1.82, 2.24) is 5.32 Å². The first-order valence-corrected chi connectivity index (χ1v) is 7.46. The van der Waals surface area contributed by atoms with Crippen LogP contribution in [-0.4, -0.2) is 25.5 Å². The molecule has 0 saturated heterocycles. The third-order valence-corrected chi connectivity index (χ3v) is 4.35. The van der Waals surface area contributed by atoms with Gasteiger partial charge in [-0.2, -0.15) is 13.2 Å². The summed E-state index contributed by atoms with van der Waals surface area (Å²) < 4.78 is 37.8. The van der Waals surface area contributed by atoms with Crippen LogP contribution in [0.15, 0.2) is 24.3 Å². The zero-order chi connectivity index (χ0) is 16.2. The number of halogens is 3. The molecular weight excluding hydrogens is 293 g/mol. The third-order valence-electron chi connectivity index (χ3n) is 4.35. The number of nitrogens with zero attached hydrogens (tertiary/aromatic N) is 1. The number of hydrogen-bond acceptors (Lipinski definition) is 2. The van der Waals surface area contributed by atoms with Crippen LogP contribution in [0, 0.1) is 0 Å². The molecule has 0 bridgehead atoms. The van der Waals surface area contributed by atoms with Crippen molar-refractivity contribution in [2.45, 2.75) is 43.8 Å². The van der Waals surface area contributed by atoms with Crippen molar-refractivity contribution < 1.29 is 18.0 Å². The number of carbonyl (C=O) groups excluding carboxylic acids is 1. The van der Waals surface area contributed by atoms with E-state index < -0.39 is 11.7 Å². The predicted octanol–water partition coefficient (Wildman–Crippen LogP) is 3.59. The molecular formula is C16H21F3N2O. The Labute approximate surface area is 128 Å². The van der Waals surface area contributed by atoms with Gasteiger partial charge in [0.05, 0.1) is 11.1 Å². The Morgan fingerprint density at radius 2 is 1.77 bits per heavy atom. The van der Waals surface area contributed by atoms with Crippen LogP contribution in [0.4, 0.5) is 18.9 Å². The second-order valence-electron chi connectivity index (χ2n) is 6.00. The van der Waals surface area contributed by atoms with Gasteiger partial charge in [0.2, 0.25) is 6.41 Å². The van der Waals surface area contributed by atoms with Gasteiger partial charge in [0.25, 0.3) is 0 Å². The Hall–Kier alpha value is -1.72. The summed E-state index contributed by atoms with van der Waals surface area (Å²) in [5.74, 6) is 0. The number of alkyl halides is 3. The minimum Gasteiger partial charge on any atom is -0.372 e. The molecule has 122 valence electrons. The highest BCUT2D eigenvalue weighted by Gasteiger charge is 2.33. The maximum atomic E-state index is 12.6. The number of nitrogens with one attached hydrogen (secondary N) is 1. The number of hydrogen-bond donors (Lipinski definition) is 1. The van der Waals surface area contributed by atoms with E-state index in [4.69, 9.17) is 0 Å². The van der Waals surface area contributed by atoms with Gasteiger partial charge < -0.3 is 10.2 Å². The number of carbonyl (C=O) groups is 1. The van der Waals surface area contributed by atoms with Gasteiger partial charge in [0.15, 0.2) is 0 Å². The average Bonchev–Trinajstić information content (AvgIpc) is 2.47. The van der Waals surface area contributed by atoms with E-state index in [9.17, 15) is 18.0 Å². The first-order valence-electron chi connectivity index (χ1n) is 7.46. The fourth-order valence-electron chi connectivity index (χ4n) is 3.15. The fourth-order valence-corrected chi connectivity index (χ4v) is 3.15. The van der Waals surface area contributed by atoms with Gasteiger partial charge in [-0.1, -0.05) is 19.3 Å². The lowest BCUT2D eigenvalue weighted by Gasteiger charge is -2.40. The zero-order valence-electron chi connectivity index (χ0n) is 12.6. The van der Waals surface area contributed by atoms with Crippen LogP contribution >= 0.6 is 0 Å². The zero-order valence-corrected chi connectivity index (χ0v) is 12.6. The molecule has 1 saturated carbocycles. The van der Waals surface area contributed by atoms with Crippen molar-refractivity contribution in [3.63, 3.8) is 0 Å². The van der Waals surface area contributed by atoms with Crippen LogP contribution in [0.5, 0.6) is 0 Å². The van der Waals surface area contributed by atoms with Crippen LogP contribution in [0.1, 0.15) is 37.7 Å². The van der Waals surface area contributed by atoms with Crippen molar-refractivity contribution in [3.05, 3.63) is 29.8 Å². The van der Waals surface area contributed by atoms with E-state index in [2.05, 4.69) is 5.32 Å². The molecule has 6 heteroatoms. The van der Waals surface area contributed by atoms with Gasteiger partial charge in [-0.15, -0.1) is 0 Å². The van der Waals surface area contributed by atoms with E-state index in [0.717, 1.165) is 50.6 Å². The molecule has 1 aliphatic carbocycles. The van der Waals surface area contributed by atoms with E-state index in [-0.39, 0.29) is 5.54 Å². The second kappa shape index (κ2) is 6.58. The number of benzene rings is 1. The third kappa shape index (κ3) is 3.93. The molecule has 1 aromatic rings. The van der Waals surface area contributed by atoms with Crippen molar-refractivity contribution in [1.29, 1.82) is 0 Å². The number of rotatable bonds is 5. The topological polar surface area (TPSA) is 32.3 Å². The first kappa shape index (κ1) is 16.6. The Kier molecular flexibility index (Phi) is 4.98. The number of amides is 1. The molecule has 1 aromatic carbocycles. The lowest BCUT2D eigenvalue weighted by atomic mass is 9.81. The lowest BCUT2D eigenvalue weighted by Crippen LogP contribution is -2.53. The molecule has 0 heterocycles. The Morgan fingerprint density at radius 1 is 1.18 bits per heavy atom. The highest BCUT2D eigenvalue weighted by atomic mass is 19.4. The molecule has 0 aliphatic heterocycles. The van der Waals surface area contributed by atoms with Crippen molar-refractivity contribution >= 4 is 12.1 Å². The SMILES string of the molecule is CN(CC1(NC=O)CCCCC1)c1ccc(C(F)(F)F)cc1. The first-order chi connectivity index (χ1) is 10.4. The summed E-state index contributed by atoms with van der Waals surface area (Å²) in [7, 11) is 1.84. The quantitative estimate of drug-likeness (QED) is 0.842. The molecule has 0 atom stereocenters. The van der Waals surface area contributed by atoms with Crippen molar-refractivity contribution in [2.75, 3.05) is 18.5 Å². The molecule has 0 unspecified atom stereocenters. The molecule has 0 spiro atoms. The molecule has 1 N–H and O–H groups in total. The Balaban J connectivity index is 2.09. The summed E-state index contributed by atoms with van der Waals surface area (Å²) in [5, 5.41) is 2.93. The van der Waals surface area contributed by atoms with E-state index >= 15 is 0 Å². The average molecular weight is 314 g/mol. The van der Waals surface area contributed by atoms with Crippen LogP contribution in [0.2, 0.25) is 0 Å². The monoisotopic (exact) mass is 314 g/mol. The summed E-state index contributed by atoms with van der Waals surface area (Å²) in [6.45, 7) is 0.594. The van der Waals surface area contributed by atoms with Crippen molar-refractivity contribution in [3.8, 4) is 0 Å². The second-order valence-corrected chi connectivity index (χ2v) is 6.00. The van der Waals surface area contributed by atoms with Gasteiger partial charge in [-0.3, -0.25) is 4.79 Å². The number of anilines is 1. The van der Waals surface area contributed by atoms with E-state index in [1.54, 1.807) is 0 Å². The lowest BCUT2D eigenvalue weighted by molar-refractivity contribution is -0.137. The van der Waals surface area contributed by atoms with Gasteiger partial charge in [0.1, 0.15) is 0 Å². The Morgan fingerprint density at radius 3 is 2.27 bits per heavy atom. The standard InChI is InChI=1S/C16H21F3N2O/c1-21(11-15(20-12-22)9-3-2-4-10-15)14-7-5-13(6-8-14)16(17,18)19/h5-8,12H,2-4,9-11H2,1H3,(H,20,22). The van der Waals surface area contributed by atoms with E-state index in [1.165, 1.54) is 12.1 Å². The number of likely N-dealkylation sites (N-methyl/N-ethyl adjacent to an activating group) is 1. The normalized spacial score (nSPS) is 17.8. The molecule has 1 aliphatic rings. The van der Waals surface area contributed by atoms with Crippen LogP contribution < -0.4 is 10.2 Å². The maximum Gasteiger partial charge on any atom is 0.416 e. The largest absolute Gasteiger partial charge is 0.416 e. The highest BCUT2D eigenvalue weighted by molar-refractivity contribution is 5.51. The smallest absolute Gasteiger partial charge is 0.372 e. The van der Waals surface area contributed by atoms with Gasteiger partial charge >= 0.3 is 6.18 Å². The molecule has 3 nitrogen and oxygen atoms in total. The molecule has 22 heavy (non-hydrogen) atoms. The predicted molar refractivity (Wildman–Crippen MR) is 79.7 cm³/mol. The molecule has 1 fully saturated rings.